The molecule has 1 saturated heterocycles. The van der Waals surface area contributed by atoms with Crippen LogP contribution in [0.1, 0.15) is 35.6 Å². The van der Waals surface area contributed by atoms with Crippen LogP contribution in [-0.2, 0) is 0 Å². The number of ether oxygens (including phenoxy) is 1. The van der Waals surface area contributed by atoms with Crippen molar-refractivity contribution in [3.63, 3.8) is 0 Å². The molecule has 3 heterocycles. The van der Waals surface area contributed by atoms with Gasteiger partial charge in [0.15, 0.2) is 5.65 Å². The number of piperazine rings is 1. The topological polar surface area (TPSA) is 58.8 Å². The lowest BCUT2D eigenvalue weighted by molar-refractivity contribution is 0.107. The van der Waals surface area contributed by atoms with Crippen molar-refractivity contribution < 1.29 is 4.74 Å². The van der Waals surface area contributed by atoms with Crippen LogP contribution in [0.2, 0.25) is 0 Å². The Morgan fingerprint density at radius 3 is 2.24 bits per heavy atom. The Morgan fingerprint density at radius 2 is 1.56 bits per heavy atom. The lowest BCUT2D eigenvalue weighted by Crippen LogP contribution is -2.48. The summed E-state index contributed by atoms with van der Waals surface area (Å²) in [6.45, 7) is 8.11. The average molecular weight is 457 g/mol. The molecular weight excluding hydrogens is 424 g/mol. The quantitative estimate of drug-likeness (QED) is 0.355. The number of benzene rings is 2. The van der Waals surface area contributed by atoms with Crippen molar-refractivity contribution in [1.82, 2.24) is 29.6 Å². The van der Waals surface area contributed by atoms with Gasteiger partial charge in [-0.2, -0.15) is 0 Å². The first-order valence-electron chi connectivity index (χ1n) is 12.1. The zero-order valence-electron chi connectivity index (χ0n) is 19.8. The lowest BCUT2D eigenvalue weighted by atomic mass is 9.96. The monoisotopic (exact) mass is 456 g/mol. The van der Waals surface area contributed by atoms with E-state index in [9.17, 15) is 0 Å². The fourth-order valence-corrected chi connectivity index (χ4v) is 4.72. The van der Waals surface area contributed by atoms with Gasteiger partial charge in [0.05, 0.1) is 12.6 Å². The summed E-state index contributed by atoms with van der Waals surface area (Å²) in [6.07, 6.45) is 3.63. The SMILES string of the molecule is Cc1cc2ncnn2nc1OCCCCN1CCN(C(c2ccccc2)c2ccccc2)CC1. The van der Waals surface area contributed by atoms with Gasteiger partial charge in [-0.15, -0.1) is 14.8 Å². The van der Waals surface area contributed by atoms with Crippen molar-refractivity contribution in [1.29, 1.82) is 0 Å². The minimum absolute atomic E-state index is 0.316. The minimum atomic E-state index is 0.316. The molecule has 2 aromatic carbocycles. The van der Waals surface area contributed by atoms with Gasteiger partial charge in [-0.1, -0.05) is 60.7 Å². The van der Waals surface area contributed by atoms with Gasteiger partial charge in [-0.25, -0.2) is 4.98 Å². The van der Waals surface area contributed by atoms with E-state index in [-0.39, 0.29) is 0 Å². The van der Waals surface area contributed by atoms with E-state index < -0.39 is 0 Å². The Morgan fingerprint density at radius 1 is 0.882 bits per heavy atom. The number of unbranched alkanes of at least 4 members (excludes halogenated alkanes) is 1. The summed E-state index contributed by atoms with van der Waals surface area (Å²) >= 11 is 0. The van der Waals surface area contributed by atoms with Crippen LogP contribution in [0.25, 0.3) is 5.65 Å². The van der Waals surface area contributed by atoms with Crippen LogP contribution in [0.15, 0.2) is 73.1 Å². The van der Waals surface area contributed by atoms with Gasteiger partial charge in [0.25, 0.3) is 0 Å². The maximum absolute atomic E-state index is 5.92. The predicted molar refractivity (Wildman–Crippen MR) is 133 cm³/mol. The first-order valence-corrected chi connectivity index (χ1v) is 12.1. The molecule has 1 aliphatic heterocycles. The van der Waals surface area contributed by atoms with Gasteiger partial charge in [0.1, 0.15) is 6.33 Å². The largest absolute Gasteiger partial charge is 0.476 e. The number of aryl methyl sites for hydroxylation is 1. The molecule has 0 radical (unpaired) electrons. The van der Waals surface area contributed by atoms with Gasteiger partial charge in [0, 0.05) is 31.7 Å². The number of fused-ring (bicyclic) bond motifs is 1. The summed E-state index contributed by atoms with van der Waals surface area (Å²) in [4.78, 5) is 9.36. The Kier molecular flexibility index (Phi) is 7.12. The van der Waals surface area contributed by atoms with E-state index >= 15 is 0 Å². The van der Waals surface area contributed by atoms with Crippen LogP contribution in [0.3, 0.4) is 0 Å². The van der Waals surface area contributed by atoms with Crippen molar-refractivity contribution in [2.45, 2.75) is 25.8 Å². The molecule has 0 bridgehead atoms. The maximum atomic E-state index is 5.92. The van der Waals surface area contributed by atoms with E-state index in [1.807, 2.05) is 13.0 Å². The maximum Gasteiger partial charge on any atom is 0.236 e. The second-order valence-corrected chi connectivity index (χ2v) is 8.90. The molecule has 1 fully saturated rings. The molecule has 0 atom stereocenters. The number of aromatic nitrogens is 4. The van der Waals surface area contributed by atoms with Crippen LogP contribution in [0.5, 0.6) is 5.88 Å². The molecule has 7 nitrogen and oxygen atoms in total. The highest BCUT2D eigenvalue weighted by atomic mass is 16.5. The molecule has 34 heavy (non-hydrogen) atoms. The normalized spacial score (nSPS) is 15.2. The Labute approximate surface area is 201 Å². The number of rotatable bonds is 9. The predicted octanol–water partition coefficient (Wildman–Crippen LogP) is 4.00. The van der Waals surface area contributed by atoms with Gasteiger partial charge < -0.3 is 9.64 Å². The van der Waals surface area contributed by atoms with Crippen molar-refractivity contribution in [2.24, 2.45) is 0 Å². The summed E-state index contributed by atoms with van der Waals surface area (Å²) in [7, 11) is 0. The first kappa shape index (κ1) is 22.5. The third-order valence-corrected chi connectivity index (χ3v) is 6.53. The van der Waals surface area contributed by atoms with Crippen molar-refractivity contribution >= 4 is 5.65 Å². The minimum Gasteiger partial charge on any atom is -0.476 e. The van der Waals surface area contributed by atoms with Gasteiger partial charge >= 0.3 is 0 Å². The van der Waals surface area contributed by atoms with Crippen LogP contribution >= 0.6 is 0 Å². The summed E-state index contributed by atoms with van der Waals surface area (Å²) in [5, 5.41) is 8.49. The Hall–Kier alpha value is -3.29. The van der Waals surface area contributed by atoms with Gasteiger partial charge in [0.2, 0.25) is 5.88 Å². The van der Waals surface area contributed by atoms with Crippen molar-refractivity contribution in [3.05, 3.63) is 89.7 Å². The van der Waals surface area contributed by atoms with Crippen molar-refractivity contribution in [3.8, 4) is 5.88 Å². The van der Waals surface area contributed by atoms with Crippen molar-refractivity contribution in [2.75, 3.05) is 39.3 Å². The summed E-state index contributed by atoms with van der Waals surface area (Å²) in [5.41, 5.74) is 4.47. The molecule has 0 N–H and O–H groups in total. The van der Waals surface area contributed by atoms with E-state index in [0.29, 0.717) is 18.5 Å². The van der Waals surface area contributed by atoms with E-state index in [0.717, 1.165) is 56.8 Å². The van der Waals surface area contributed by atoms with E-state index in [4.69, 9.17) is 4.74 Å². The molecule has 7 heteroatoms. The van der Waals surface area contributed by atoms with Gasteiger partial charge in [-0.3, -0.25) is 4.90 Å². The molecule has 5 rings (SSSR count). The lowest BCUT2D eigenvalue weighted by Gasteiger charge is -2.39. The zero-order valence-corrected chi connectivity index (χ0v) is 19.8. The molecular formula is C27H32N6O. The number of nitrogens with zero attached hydrogens (tertiary/aromatic N) is 6. The first-order chi connectivity index (χ1) is 16.8. The number of hydrogen-bond acceptors (Lipinski definition) is 6. The molecule has 0 unspecified atom stereocenters. The molecule has 0 saturated carbocycles. The second kappa shape index (κ2) is 10.8. The smallest absolute Gasteiger partial charge is 0.236 e. The molecule has 4 aromatic rings. The molecule has 2 aromatic heterocycles. The Bertz CT molecular complexity index is 1130. The molecule has 0 spiro atoms. The molecule has 1 aliphatic rings. The second-order valence-electron chi connectivity index (χ2n) is 8.90. The van der Waals surface area contributed by atoms with Crippen LogP contribution in [0.4, 0.5) is 0 Å². The molecule has 0 aliphatic carbocycles. The van der Waals surface area contributed by atoms with Gasteiger partial charge in [-0.05, 0) is 43.5 Å². The summed E-state index contributed by atoms with van der Waals surface area (Å²) < 4.78 is 7.44. The number of hydrogen-bond donors (Lipinski definition) is 0. The molecule has 176 valence electrons. The standard InChI is InChI=1S/C27H32N6O/c1-22-20-25-28-21-29-33(25)30-27(22)34-19-9-8-14-31-15-17-32(18-16-31)26(23-10-4-2-5-11-23)24-12-6-3-7-13-24/h2-7,10-13,20-21,26H,8-9,14-19H2,1H3. The molecule has 0 amide bonds. The summed E-state index contributed by atoms with van der Waals surface area (Å²) in [5.74, 6) is 0.638. The highest BCUT2D eigenvalue weighted by molar-refractivity contribution is 5.41. The van der Waals surface area contributed by atoms with Crippen LogP contribution in [0, 0.1) is 6.92 Å². The van der Waals surface area contributed by atoms with E-state index in [2.05, 4.69) is 85.6 Å². The fraction of sp³-hybridized carbons (Fsp3) is 0.370. The Balaban J connectivity index is 1.09. The van der Waals surface area contributed by atoms with E-state index in [1.165, 1.54) is 22.1 Å². The van der Waals surface area contributed by atoms with Crippen LogP contribution < -0.4 is 4.74 Å². The third-order valence-electron chi connectivity index (χ3n) is 6.53. The van der Waals surface area contributed by atoms with Crippen LogP contribution in [-0.4, -0.2) is 68.9 Å². The third kappa shape index (κ3) is 5.26. The zero-order chi connectivity index (χ0) is 23.2. The average Bonchev–Trinajstić information content (AvgIpc) is 3.33. The fourth-order valence-electron chi connectivity index (χ4n) is 4.72. The highest BCUT2D eigenvalue weighted by Gasteiger charge is 2.26. The summed E-state index contributed by atoms with van der Waals surface area (Å²) in [6, 6.07) is 24.0. The highest BCUT2D eigenvalue weighted by Crippen LogP contribution is 2.29. The van der Waals surface area contributed by atoms with E-state index in [1.54, 1.807) is 0 Å².